The summed E-state index contributed by atoms with van der Waals surface area (Å²) in [6.07, 6.45) is -4.11. The van der Waals surface area contributed by atoms with E-state index in [1.807, 2.05) is 0 Å². The first-order valence-electron chi connectivity index (χ1n) is 4.40. The first-order chi connectivity index (χ1) is 6.45. The van der Waals surface area contributed by atoms with Crippen molar-refractivity contribution in [3.63, 3.8) is 0 Å². The summed E-state index contributed by atoms with van der Waals surface area (Å²) in [5.41, 5.74) is 0. The molecule has 0 aromatic carbocycles. The molecule has 86 valence electrons. The van der Waals surface area contributed by atoms with Gasteiger partial charge in [-0.15, -0.1) is 0 Å². The number of alkyl halides is 3. The number of rotatable bonds is 7. The van der Waals surface area contributed by atoms with Crippen LogP contribution in [-0.4, -0.2) is 58.0 Å². The summed E-state index contributed by atoms with van der Waals surface area (Å²) in [5, 5.41) is 2.97. The van der Waals surface area contributed by atoms with Crippen molar-refractivity contribution in [2.45, 2.75) is 6.18 Å². The molecule has 1 N–H and O–H groups in total. The lowest BCUT2D eigenvalue weighted by Crippen LogP contribution is -2.36. The molecule has 0 atom stereocenters. The lowest BCUT2D eigenvalue weighted by Gasteiger charge is -2.18. The Labute approximate surface area is 82.2 Å². The molecule has 0 amide bonds. The van der Waals surface area contributed by atoms with Gasteiger partial charge in [0.1, 0.15) is 0 Å². The molecule has 0 bridgehead atoms. The second-order valence-electron chi connectivity index (χ2n) is 3.10. The van der Waals surface area contributed by atoms with Crippen molar-refractivity contribution in [1.82, 2.24) is 10.2 Å². The molecule has 14 heavy (non-hydrogen) atoms. The average molecular weight is 214 g/mol. The molecule has 0 aromatic rings. The van der Waals surface area contributed by atoms with E-state index >= 15 is 0 Å². The van der Waals surface area contributed by atoms with Crippen molar-refractivity contribution in [3.05, 3.63) is 0 Å². The SMILES string of the molecule is COCCNCCN(C)CC(F)(F)F. The van der Waals surface area contributed by atoms with Crippen molar-refractivity contribution < 1.29 is 17.9 Å². The van der Waals surface area contributed by atoms with Gasteiger partial charge in [-0.25, -0.2) is 0 Å². The summed E-state index contributed by atoms with van der Waals surface area (Å²) in [5.74, 6) is 0. The molecule has 0 spiro atoms. The monoisotopic (exact) mass is 214 g/mol. The molecule has 0 aliphatic carbocycles. The Morgan fingerprint density at radius 2 is 1.93 bits per heavy atom. The van der Waals surface area contributed by atoms with Crippen molar-refractivity contribution in [3.8, 4) is 0 Å². The smallest absolute Gasteiger partial charge is 0.383 e. The van der Waals surface area contributed by atoms with E-state index in [2.05, 4.69) is 5.32 Å². The number of nitrogens with one attached hydrogen (secondary N) is 1. The maximum atomic E-state index is 11.9. The zero-order chi connectivity index (χ0) is 11.0. The van der Waals surface area contributed by atoms with Gasteiger partial charge in [-0.2, -0.15) is 13.2 Å². The number of halogens is 3. The Morgan fingerprint density at radius 1 is 1.29 bits per heavy atom. The van der Waals surface area contributed by atoms with Crippen LogP contribution in [0.5, 0.6) is 0 Å². The second kappa shape index (κ2) is 7.03. The standard InChI is InChI=1S/C8H17F3N2O/c1-13(7-8(9,10)11)5-3-12-4-6-14-2/h12H,3-7H2,1-2H3. The Balaban J connectivity index is 3.31. The van der Waals surface area contributed by atoms with Gasteiger partial charge in [0.15, 0.2) is 0 Å². The molecule has 0 radical (unpaired) electrons. The van der Waals surface area contributed by atoms with Crippen LogP contribution in [0, 0.1) is 0 Å². The average Bonchev–Trinajstić information content (AvgIpc) is 2.00. The normalized spacial score (nSPS) is 12.4. The molecular weight excluding hydrogens is 197 g/mol. The summed E-state index contributed by atoms with van der Waals surface area (Å²) in [4.78, 5) is 1.24. The summed E-state index contributed by atoms with van der Waals surface area (Å²) in [6.45, 7) is 1.29. The van der Waals surface area contributed by atoms with Gasteiger partial charge in [0, 0.05) is 26.7 Å². The summed E-state index contributed by atoms with van der Waals surface area (Å²) >= 11 is 0. The van der Waals surface area contributed by atoms with E-state index in [0.717, 1.165) is 0 Å². The highest BCUT2D eigenvalue weighted by Crippen LogP contribution is 2.14. The maximum absolute atomic E-state index is 11.9. The lowest BCUT2D eigenvalue weighted by molar-refractivity contribution is -0.142. The van der Waals surface area contributed by atoms with Crippen LogP contribution < -0.4 is 5.32 Å². The largest absolute Gasteiger partial charge is 0.401 e. The van der Waals surface area contributed by atoms with Gasteiger partial charge < -0.3 is 10.1 Å². The van der Waals surface area contributed by atoms with Crippen LogP contribution >= 0.6 is 0 Å². The third-order valence-electron chi connectivity index (χ3n) is 1.60. The number of likely N-dealkylation sites (N-methyl/N-ethyl adjacent to an activating group) is 1. The maximum Gasteiger partial charge on any atom is 0.401 e. The highest BCUT2D eigenvalue weighted by atomic mass is 19.4. The zero-order valence-corrected chi connectivity index (χ0v) is 8.52. The number of ether oxygens (including phenoxy) is 1. The van der Waals surface area contributed by atoms with E-state index in [0.29, 0.717) is 26.2 Å². The summed E-state index contributed by atoms with van der Waals surface area (Å²) in [7, 11) is 3.03. The number of nitrogens with zero attached hydrogens (tertiary/aromatic N) is 1. The quantitative estimate of drug-likeness (QED) is 0.632. The predicted octanol–water partition coefficient (Wildman–Crippen LogP) is 0.716. The third-order valence-corrected chi connectivity index (χ3v) is 1.60. The molecular formula is C8H17F3N2O. The van der Waals surface area contributed by atoms with Crippen LogP contribution in [0.3, 0.4) is 0 Å². The molecule has 6 heteroatoms. The van der Waals surface area contributed by atoms with Crippen LogP contribution in [0.2, 0.25) is 0 Å². The highest BCUT2D eigenvalue weighted by molar-refractivity contribution is 4.60. The second-order valence-corrected chi connectivity index (χ2v) is 3.10. The fourth-order valence-corrected chi connectivity index (χ4v) is 0.954. The first kappa shape index (κ1) is 13.7. The minimum absolute atomic E-state index is 0.378. The van der Waals surface area contributed by atoms with Gasteiger partial charge in [0.05, 0.1) is 13.2 Å². The summed E-state index contributed by atoms with van der Waals surface area (Å²) in [6, 6.07) is 0. The van der Waals surface area contributed by atoms with Crippen LogP contribution in [0.4, 0.5) is 13.2 Å². The molecule has 0 rings (SSSR count). The molecule has 0 saturated carbocycles. The Morgan fingerprint density at radius 3 is 2.43 bits per heavy atom. The predicted molar refractivity (Wildman–Crippen MR) is 48.3 cm³/mol. The molecule has 0 unspecified atom stereocenters. The Kier molecular flexibility index (Phi) is 6.86. The molecule has 0 saturated heterocycles. The van der Waals surface area contributed by atoms with Crippen LogP contribution in [0.25, 0.3) is 0 Å². The lowest BCUT2D eigenvalue weighted by atomic mass is 10.5. The minimum atomic E-state index is -4.11. The molecule has 0 aliphatic rings. The van der Waals surface area contributed by atoms with Crippen molar-refractivity contribution in [2.24, 2.45) is 0 Å². The molecule has 0 aromatic heterocycles. The van der Waals surface area contributed by atoms with Crippen LogP contribution in [0.15, 0.2) is 0 Å². The third kappa shape index (κ3) is 9.76. The molecule has 3 nitrogen and oxygen atoms in total. The van der Waals surface area contributed by atoms with Crippen molar-refractivity contribution in [2.75, 3.05) is 46.9 Å². The number of hydrogen-bond acceptors (Lipinski definition) is 3. The van der Waals surface area contributed by atoms with Gasteiger partial charge in [-0.05, 0) is 7.05 Å². The van der Waals surface area contributed by atoms with Crippen LogP contribution in [-0.2, 0) is 4.74 Å². The van der Waals surface area contributed by atoms with Gasteiger partial charge in [-0.3, -0.25) is 4.90 Å². The number of methoxy groups -OCH3 is 1. The topological polar surface area (TPSA) is 24.5 Å². The van der Waals surface area contributed by atoms with Crippen molar-refractivity contribution in [1.29, 1.82) is 0 Å². The Bertz CT molecular complexity index is 141. The van der Waals surface area contributed by atoms with E-state index < -0.39 is 12.7 Å². The minimum Gasteiger partial charge on any atom is -0.383 e. The molecule has 0 heterocycles. The fourth-order valence-electron chi connectivity index (χ4n) is 0.954. The number of hydrogen-bond donors (Lipinski definition) is 1. The first-order valence-corrected chi connectivity index (χ1v) is 4.40. The fraction of sp³-hybridized carbons (Fsp3) is 1.00. The van der Waals surface area contributed by atoms with Gasteiger partial charge in [0.2, 0.25) is 0 Å². The van der Waals surface area contributed by atoms with E-state index in [1.54, 1.807) is 7.11 Å². The highest BCUT2D eigenvalue weighted by Gasteiger charge is 2.28. The van der Waals surface area contributed by atoms with Gasteiger partial charge >= 0.3 is 6.18 Å². The van der Waals surface area contributed by atoms with E-state index in [4.69, 9.17) is 4.74 Å². The van der Waals surface area contributed by atoms with Gasteiger partial charge in [-0.1, -0.05) is 0 Å². The molecule has 0 fully saturated rings. The van der Waals surface area contributed by atoms with Gasteiger partial charge in [0.25, 0.3) is 0 Å². The van der Waals surface area contributed by atoms with E-state index in [9.17, 15) is 13.2 Å². The van der Waals surface area contributed by atoms with Crippen LogP contribution in [0.1, 0.15) is 0 Å². The van der Waals surface area contributed by atoms with E-state index in [-0.39, 0.29) is 0 Å². The van der Waals surface area contributed by atoms with Crippen molar-refractivity contribution >= 4 is 0 Å². The van der Waals surface area contributed by atoms with E-state index in [1.165, 1.54) is 11.9 Å². The zero-order valence-electron chi connectivity index (χ0n) is 8.52. The molecule has 0 aliphatic heterocycles. The summed E-state index contributed by atoms with van der Waals surface area (Å²) < 4.78 is 40.3. The Hall–Kier alpha value is -0.330.